The van der Waals surface area contributed by atoms with Gasteiger partial charge in [0.1, 0.15) is 0 Å². The minimum atomic E-state index is -2.73. The molecule has 1 aliphatic carbocycles. The van der Waals surface area contributed by atoms with Crippen molar-refractivity contribution in [1.82, 2.24) is 0 Å². The number of carbonyl (C=O) groups is 1. The van der Waals surface area contributed by atoms with Crippen molar-refractivity contribution >= 4 is 33.0 Å². The summed E-state index contributed by atoms with van der Waals surface area (Å²) in [6.45, 7) is 28.2. The molecule has 2 aromatic carbocycles. The third-order valence-corrected chi connectivity index (χ3v) is 20.8. The zero-order chi connectivity index (χ0) is 37.0. The van der Waals surface area contributed by atoms with Crippen LogP contribution in [-0.2, 0) is 23.1 Å². The van der Waals surface area contributed by atoms with E-state index in [0.29, 0.717) is 13.0 Å². The van der Waals surface area contributed by atoms with Gasteiger partial charge in [-0.15, -0.1) is 0 Å². The van der Waals surface area contributed by atoms with Crippen molar-refractivity contribution in [3.63, 3.8) is 0 Å². The van der Waals surface area contributed by atoms with Gasteiger partial charge in [-0.2, -0.15) is 0 Å². The van der Waals surface area contributed by atoms with Crippen LogP contribution in [0, 0.1) is 17.3 Å². The van der Waals surface area contributed by atoms with Crippen LogP contribution in [0.3, 0.4) is 0 Å². The second-order valence-electron chi connectivity index (χ2n) is 18.3. The van der Waals surface area contributed by atoms with E-state index >= 15 is 0 Å². The molecule has 0 saturated carbocycles. The summed E-state index contributed by atoms with van der Waals surface area (Å²) in [7, 11) is -4.45. The number of cyclic esters (lactones) is 1. The van der Waals surface area contributed by atoms with Gasteiger partial charge in [0.05, 0.1) is 6.61 Å². The van der Waals surface area contributed by atoms with Crippen molar-refractivity contribution in [2.75, 3.05) is 13.2 Å². The SMILES string of the molecule is C[C@@H]1C[C@]2(O[C@@H](C(C)(C)C)OC2=O)[C@H](/C=C/CCCCCO[Si](C)(C)C(C)(C)C)C=C1CO[Si](c1ccccc1)(c1ccccc1)C(C)(C)C. The number of ether oxygens (including phenoxy) is 2. The standard InChI is InChI=1S/C43H66O5Si2/c1-33-31-43(38(44)47-39(48-43)40(2,3)4)35(24-18-14-13-15-23-29-45-49(11,12)41(5,6)7)30-34(33)32-46-50(42(8,9)10,36-25-19-16-20-26-36)37-27-21-17-22-28-37/h16-22,24-28,30,33,35,39H,13-15,23,29,31-32H2,1-12H3/b24-18+/t33-,35-,39+,43+/m1/s1. The van der Waals surface area contributed by atoms with Gasteiger partial charge in [-0.3, -0.25) is 0 Å². The van der Waals surface area contributed by atoms with Crippen LogP contribution in [-0.4, -0.2) is 47.7 Å². The van der Waals surface area contributed by atoms with Crippen LogP contribution < -0.4 is 10.4 Å². The van der Waals surface area contributed by atoms with Gasteiger partial charge in [0.15, 0.2) is 13.9 Å². The highest BCUT2D eigenvalue weighted by molar-refractivity contribution is 6.99. The highest BCUT2D eigenvalue weighted by Gasteiger charge is 2.59. The van der Waals surface area contributed by atoms with Gasteiger partial charge < -0.3 is 18.3 Å². The molecule has 0 amide bonds. The summed E-state index contributed by atoms with van der Waals surface area (Å²) in [5, 5.41) is 2.64. The van der Waals surface area contributed by atoms with Crippen molar-refractivity contribution in [2.45, 2.75) is 136 Å². The Hall–Kier alpha value is -2.30. The monoisotopic (exact) mass is 718 g/mol. The second kappa shape index (κ2) is 15.7. The largest absolute Gasteiger partial charge is 0.433 e. The van der Waals surface area contributed by atoms with Gasteiger partial charge in [-0.05, 0) is 70.7 Å². The number of hydrogen-bond acceptors (Lipinski definition) is 5. The molecule has 276 valence electrons. The van der Waals surface area contributed by atoms with E-state index in [1.165, 1.54) is 15.9 Å². The number of rotatable bonds is 13. The molecule has 50 heavy (non-hydrogen) atoms. The predicted octanol–water partition coefficient (Wildman–Crippen LogP) is 9.97. The van der Waals surface area contributed by atoms with Crippen LogP contribution in [0.1, 0.15) is 101 Å². The summed E-state index contributed by atoms with van der Waals surface area (Å²) < 4.78 is 26.4. The van der Waals surface area contributed by atoms with Crippen LogP contribution in [0.2, 0.25) is 23.2 Å². The molecule has 7 heteroatoms. The Balaban J connectivity index is 1.58. The van der Waals surface area contributed by atoms with E-state index in [1.54, 1.807) is 0 Å². The average Bonchev–Trinajstić information content (AvgIpc) is 3.36. The maximum Gasteiger partial charge on any atom is 0.341 e. The lowest BCUT2D eigenvalue weighted by Crippen LogP contribution is -2.66. The normalized spacial score (nSPS) is 23.8. The number of carbonyl (C=O) groups excluding carboxylic acids is 1. The molecule has 4 rings (SSSR count). The number of benzene rings is 2. The molecule has 0 radical (unpaired) electrons. The van der Waals surface area contributed by atoms with Gasteiger partial charge in [-0.25, -0.2) is 4.79 Å². The van der Waals surface area contributed by atoms with Crippen molar-refractivity contribution in [3.05, 3.63) is 84.5 Å². The van der Waals surface area contributed by atoms with E-state index in [-0.39, 0.29) is 33.3 Å². The number of allylic oxidation sites excluding steroid dienone is 1. The zero-order valence-corrected chi connectivity index (χ0v) is 35.2. The minimum Gasteiger partial charge on any atom is -0.433 e. The van der Waals surface area contributed by atoms with Crippen LogP contribution in [0.25, 0.3) is 0 Å². The molecule has 1 fully saturated rings. The first-order chi connectivity index (χ1) is 23.2. The molecule has 1 aliphatic heterocycles. The lowest BCUT2D eigenvalue weighted by Gasteiger charge is -2.44. The third-order valence-electron chi connectivity index (χ3n) is 11.3. The van der Waals surface area contributed by atoms with Crippen LogP contribution >= 0.6 is 0 Å². The molecule has 0 unspecified atom stereocenters. The van der Waals surface area contributed by atoms with Crippen molar-refractivity contribution in [2.24, 2.45) is 17.3 Å². The predicted molar refractivity (Wildman–Crippen MR) is 213 cm³/mol. The fourth-order valence-electron chi connectivity index (χ4n) is 7.09. The summed E-state index contributed by atoms with van der Waals surface area (Å²) in [5.74, 6) is -0.395. The lowest BCUT2D eigenvalue weighted by molar-refractivity contribution is -0.158. The fourth-order valence-corrected chi connectivity index (χ4v) is 12.7. The van der Waals surface area contributed by atoms with Crippen LogP contribution in [0.5, 0.6) is 0 Å². The molecule has 2 aromatic rings. The fraction of sp³-hybridized carbons (Fsp3) is 0.605. The molecular formula is C43H66O5Si2. The number of unbranched alkanes of at least 4 members (excludes halogenated alkanes) is 3. The van der Waals surface area contributed by atoms with E-state index in [1.807, 2.05) is 0 Å². The molecule has 2 aliphatic rings. The van der Waals surface area contributed by atoms with Crippen LogP contribution in [0.15, 0.2) is 84.5 Å². The molecule has 1 saturated heterocycles. The first-order valence-electron chi connectivity index (χ1n) is 18.9. The molecule has 1 spiro atoms. The Labute approximate surface area is 306 Å². The van der Waals surface area contributed by atoms with E-state index in [9.17, 15) is 4.79 Å². The molecular weight excluding hydrogens is 653 g/mol. The molecule has 0 bridgehead atoms. The quantitative estimate of drug-likeness (QED) is 0.0894. The second-order valence-corrected chi connectivity index (χ2v) is 27.4. The Morgan fingerprint density at radius 1 is 0.820 bits per heavy atom. The number of esters is 1. The minimum absolute atomic E-state index is 0.0880. The van der Waals surface area contributed by atoms with Crippen molar-refractivity contribution < 1.29 is 23.1 Å². The van der Waals surface area contributed by atoms with Gasteiger partial charge in [0.2, 0.25) is 6.29 Å². The van der Waals surface area contributed by atoms with E-state index < -0.39 is 28.5 Å². The smallest absolute Gasteiger partial charge is 0.341 e. The van der Waals surface area contributed by atoms with E-state index in [4.69, 9.17) is 18.3 Å². The van der Waals surface area contributed by atoms with Gasteiger partial charge in [-0.1, -0.05) is 155 Å². The lowest BCUT2D eigenvalue weighted by atomic mass is 9.72. The average molecular weight is 719 g/mol. The Morgan fingerprint density at radius 3 is 1.90 bits per heavy atom. The highest BCUT2D eigenvalue weighted by atomic mass is 28.4. The van der Waals surface area contributed by atoms with Crippen LogP contribution in [0.4, 0.5) is 0 Å². The van der Waals surface area contributed by atoms with E-state index in [0.717, 1.165) is 32.3 Å². The number of hydrogen-bond donors (Lipinski definition) is 0. The Morgan fingerprint density at radius 2 is 1.40 bits per heavy atom. The topological polar surface area (TPSA) is 54.0 Å². The van der Waals surface area contributed by atoms with E-state index in [2.05, 4.69) is 161 Å². The summed E-state index contributed by atoms with van der Waals surface area (Å²) in [6.07, 6.45) is 10.9. The molecule has 1 heterocycles. The third kappa shape index (κ3) is 8.83. The highest BCUT2D eigenvalue weighted by Crippen LogP contribution is 2.48. The van der Waals surface area contributed by atoms with Crippen molar-refractivity contribution in [1.29, 1.82) is 0 Å². The summed E-state index contributed by atoms with van der Waals surface area (Å²) in [5.41, 5.74) is -0.137. The summed E-state index contributed by atoms with van der Waals surface area (Å²) in [4.78, 5) is 13.8. The maximum absolute atomic E-state index is 13.8. The first-order valence-corrected chi connectivity index (χ1v) is 23.7. The van der Waals surface area contributed by atoms with Gasteiger partial charge in [0.25, 0.3) is 8.32 Å². The first kappa shape index (κ1) is 40.5. The summed E-state index contributed by atoms with van der Waals surface area (Å²) in [6, 6.07) is 21.6. The molecule has 5 nitrogen and oxygen atoms in total. The van der Waals surface area contributed by atoms with Crippen molar-refractivity contribution in [3.8, 4) is 0 Å². The Kier molecular flexibility index (Phi) is 12.7. The summed E-state index contributed by atoms with van der Waals surface area (Å²) >= 11 is 0. The maximum atomic E-state index is 13.8. The molecule has 0 N–H and O–H groups in total. The van der Waals surface area contributed by atoms with Gasteiger partial charge >= 0.3 is 5.97 Å². The molecule has 4 atom stereocenters. The molecule has 0 aromatic heterocycles. The Bertz CT molecular complexity index is 1420. The van der Waals surface area contributed by atoms with Gasteiger partial charge in [0, 0.05) is 17.9 Å². The zero-order valence-electron chi connectivity index (χ0n) is 33.2.